The third kappa shape index (κ3) is 2.97. The second kappa shape index (κ2) is 6.08. The first-order chi connectivity index (χ1) is 11.0. The predicted molar refractivity (Wildman–Crippen MR) is 88.1 cm³/mol. The van der Waals surface area contributed by atoms with Crippen molar-refractivity contribution >= 4 is 11.0 Å². The zero-order valence-electron chi connectivity index (χ0n) is 13.2. The van der Waals surface area contributed by atoms with Gasteiger partial charge in [-0.2, -0.15) is 0 Å². The Labute approximate surface area is 133 Å². The van der Waals surface area contributed by atoms with Gasteiger partial charge in [0.2, 0.25) is 0 Å². The smallest absolute Gasteiger partial charge is 0.161 e. The Morgan fingerprint density at radius 1 is 1.17 bits per heavy atom. The second-order valence-electron chi connectivity index (χ2n) is 5.84. The van der Waals surface area contributed by atoms with Crippen LogP contribution in [-0.4, -0.2) is 15.6 Å². The third-order valence-corrected chi connectivity index (χ3v) is 4.01. The molecular weight excluding hydrogens is 296 g/mol. The molecule has 2 N–H and O–H groups in total. The van der Waals surface area contributed by atoms with Crippen molar-refractivity contribution in [2.45, 2.75) is 32.9 Å². The maximum absolute atomic E-state index is 13.7. The second-order valence-corrected chi connectivity index (χ2v) is 5.84. The van der Waals surface area contributed by atoms with E-state index in [0.29, 0.717) is 23.4 Å². The molecule has 1 unspecified atom stereocenters. The van der Waals surface area contributed by atoms with E-state index < -0.39 is 11.6 Å². The maximum Gasteiger partial charge on any atom is 0.161 e. The highest BCUT2D eigenvalue weighted by atomic mass is 19.2. The molecule has 0 amide bonds. The molecule has 3 nitrogen and oxygen atoms in total. The van der Waals surface area contributed by atoms with Crippen molar-refractivity contribution in [1.29, 1.82) is 0 Å². The molecule has 0 aliphatic rings. The van der Waals surface area contributed by atoms with Gasteiger partial charge >= 0.3 is 0 Å². The standard InChI is InChI=1S/C18H19F2N3/c1-3-13(21)10-23-17-9-15(20)14(19)8-16(17)22-18(23)12-6-4-5-11(2)7-12/h4-9,13H,3,10,21H2,1-2H3. The molecule has 2 aromatic carbocycles. The number of aryl methyl sites for hydroxylation is 1. The van der Waals surface area contributed by atoms with Crippen molar-refractivity contribution in [1.82, 2.24) is 9.55 Å². The van der Waals surface area contributed by atoms with Gasteiger partial charge in [-0.3, -0.25) is 0 Å². The van der Waals surface area contributed by atoms with Crippen LogP contribution in [0.15, 0.2) is 36.4 Å². The number of nitrogens with two attached hydrogens (primary N) is 1. The van der Waals surface area contributed by atoms with Gasteiger partial charge in [0.05, 0.1) is 11.0 Å². The number of aromatic nitrogens is 2. The van der Waals surface area contributed by atoms with Crippen LogP contribution in [0.5, 0.6) is 0 Å². The summed E-state index contributed by atoms with van der Waals surface area (Å²) in [7, 11) is 0. The lowest BCUT2D eigenvalue weighted by atomic mass is 10.1. The molecule has 0 aliphatic heterocycles. The monoisotopic (exact) mass is 315 g/mol. The molecule has 1 heterocycles. The molecule has 0 fully saturated rings. The van der Waals surface area contributed by atoms with Gasteiger partial charge in [-0.15, -0.1) is 0 Å². The molecule has 1 aromatic heterocycles. The van der Waals surface area contributed by atoms with Crippen LogP contribution in [-0.2, 0) is 6.54 Å². The van der Waals surface area contributed by atoms with E-state index in [2.05, 4.69) is 4.98 Å². The van der Waals surface area contributed by atoms with E-state index in [1.54, 1.807) is 0 Å². The Hall–Kier alpha value is -2.27. The fourth-order valence-electron chi connectivity index (χ4n) is 2.67. The summed E-state index contributed by atoms with van der Waals surface area (Å²) in [5, 5.41) is 0. The zero-order valence-corrected chi connectivity index (χ0v) is 13.2. The predicted octanol–water partition coefficient (Wildman–Crippen LogP) is 4.03. The summed E-state index contributed by atoms with van der Waals surface area (Å²) >= 11 is 0. The molecule has 0 spiro atoms. The topological polar surface area (TPSA) is 43.8 Å². The van der Waals surface area contributed by atoms with E-state index in [9.17, 15) is 8.78 Å². The number of hydrogen-bond donors (Lipinski definition) is 1. The van der Waals surface area contributed by atoms with Gasteiger partial charge in [-0.25, -0.2) is 13.8 Å². The lowest BCUT2D eigenvalue weighted by molar-refractivity contribution is 0.509. The summed E-state index contributed by atoms with van der Waals surface area (Å²) in [4.78, 5) is 4.51. The van der Waals surface area contributed by atoms with E-state index in [1.165, 1.54) is 6.07 Å². The fraction of sp³-hybridized carbons (Fsp3) is 0.278. The first-order valence-corrected chi connectivity index (χ1v) is 7.67. The van der Waals surface area contributed by atoms with E-state index in [4.69, 9.17) is 5.73 Å². The van der Waals surface area contributed by atoms with E-state index in [-0.39, 0.29) is 6.04 Å². The molecular formula is C18H19F2N3. The van der Waals surface area contributed by atoms with Gasteiger partial charge in [0, 0.05) is 30.3 Å². The highest BCUT2D eigenvalue weighted by Gasteiger charge is 2.17. The molecule has 0 saturated carbocycles. The van der Waals surface area contributed by atoms with Crippen molar-refractivity contribution in [2.75, 3.05) is 0 Å². The number of rotatable bonds is 4. The van der Waals surface area contributed by atoms with Crippen LogP contribution in [0.4, 0.5) is 8.78 Å². The Balaban J connectivity index is 2.24. The SMILES string of the molecule is CCC(N)Cn1c(-c2cccc(C)c2)nc2cc(F)c(F)cc21. The zero-order chi connectivity index (χ0) is 16.6. The summed E-state index contributed by atoms with van der Waals surface area (Å²) in [5.74, 6) is -1.09. The summed E-state index contributed by atoms with van der Waals surface area (Å²) in [6.07, 6.45) is 0.788. The molecule has 0 radical (unpaired) electrons. The van der Waals surface area contributed by atoms with Gasteiger partial charge in [0.1, 0.15) is 5.82 Å². The summed E-state index contributed by atoms with van der Waals surface area (Å²) in [6, 6.07) is 10.1. The van der Waals surface area contributed by atoms with E-state index in [1.807, 2.05) is 42.7 Å². The Morgan fingerprint density at radius 3 is 2.61 bits per heavy atom. The van der Waals surface area contributed by atoms with E-state index in [0.717, 1.165) is 23.6 Å². The van der Waals surface area contributed by atoms with Gasteiger partial charge in [0.15, 0.2) is 11.6 Å². The van der Waals surface area contributed by atoms with Crippen molar-refractivity contribution in [2.24, 2.45) is 5.73 Å². The molecule has 0 aliphatic carbocycles. The number of imidazole rings is 1. The number of hydrogen-bond acceptors (Lipinski definition) is 2. The summed E-state index contributed by atoms with van der Waals surface area (Å²) in [6.45, 7) is 4.49. The maximum atomic E-state index is 13.7. The van der Waals surface area contributed by atoms with Crippen molar-refractivity contribution < 1.29 is 8.78 Å². The summed E-state index contributed by atoms with van der Waals surface area (Å²) < 4.78 is 29.1. The van der Waals surface area contributed by atoms with Crippen molar-refractivity contribution in [3.8, 4) is 11.4 Å². The Bertz CT molecular complexity index is 855. The summed E-state index contributed by atoms with van der Waals surface area (Å²) in [5.41, 5.74) is 9.08. The van der Waals surface area contributed by atoms with Crippen LogP contribution in [0, 0.1) is 18.6 Å². The minimum atomic E-state index is -0.891. The fourth-order valence-corrected chi connectivity index (χ4v) is 2.67. The van der Waals surface area contributed by atoms with Gasteiger partial charge in [-0.05, 0) is 19.4 Å². The van der Waals surface area contributed by atoms with Crippen LogP contribution in [0.3, 0.4) is 0 Å². The van der Waals surface area contributed by atoms with Crippen LogP contribution < -0.4 is 5.73 Å². The van der Waals surface area contributed by atoms with Gasteiger partial charge in [-0.1, -0.05) is 30.7 Å². The average molecular weight is 315 g/mol. The third-order valence-electron chi connectivity index (χ3n) is 4.01. The van der Waals surface area contributed by atoms with E-state index >= 15 is 0 Å². The van der Waals surface area contributed by atoms with Gasteiger partial charge in [0.25, 0.3) is 0 Å². The highest BCUT2D eigenvalue weighted by molar-refractivity contribution is 5.81. The Morgan fingerprint density at radius 2 is 1.91 bits per heavy atom. The number of fused-ring (bicyclic) bond motifs is 1. The first-order valence-electron chi connectivity index (χ1n) is 7.67. The van der Waals surface area contributed by atoms with Gasteiger partial charge < -0.3 is 10.3 Å². The molecule has 1 atom stereocenters. The molecule has 23 heavy (non-hydrogen) atoms. The number of halogens is 2. The molecule has 120 valence electrons. The number of nitrogens with zero attached hydrogens (tertiary/aromatic N) is 2. The normalized spacial score (nSPS) is 12.7. The molecule has 3 aromatic rings. The quantitative estimate of drug-likeness (QED) is 0.790. The largest absolute Gasteiger partial charge is 0.326 e. The van der Waals surface area contributed by atoms with Crippen LogP contribution in [0.2, 0.25) is 0 Å². The molecule has 0 saturated heterocycles. The number of benzene rings is 2. The minimum Gasteiger partial charge on any atom is -0.326 e. The Kier molecular flexibility index (Phi) is 4.13. The van der Waals surface area contributed by atoms with Crippen LogP contribution in [0.1, 0.15) is 18.9 Å². The first kappa shape index (κ1) is 15.6. The highest BCUT2D eigenvalue weighted by Crippen LogP contribution is 2.27. The van der Waals surface area contributed by atoms with Crippen LogP contribution in [0.25, 0.3) is 22.4 Å². The average Bonchev–Trinajstić information content (AvgIpc) is 2.85. The lowest BCUT2D eigenvalue weighted by Gasteiger charge is -2.14. The molecule has 5 heteroatoms. The molecule has 3 rings (SSSR count). The molecule has 0 bridgehead atoms. The van der Waals surface area contributed by atoms with Crippen molar-refractivity contribution in [3.63, 3.8) is 0 Å². The lowest BCUT2D eigenvalue weighted by Crippen LogP contribution is -2.25. The van der Waals surface area contributed by atoms with Crippen LogP contribution >= 0.6 is 0 Å². The minimum absolute atomic E-state index is 0.0796. The van der Waals surface area contributed by atoms with Crippen molar-refractivity contribution in [3.05, 3.63) is 53.6 Å².